The van der Waals surface area contributed by atoms with E-state index in [0.717, 1.165) is 25.5 Å². The number of ketones is 1. The summed E-state index contributed by atoms with van der Waals surface area (Å²) in [6, 6.07) is 9.69. The van der Waals surface area contributed by atoms with E-state index in [1.807, 2.05) is 30.3 Å². The Morgan fingerprint density at radius 1 is 1.15 bits per heavy atom. The predicted molar refractivity (Wildman–Crippen MR) is 86.0 cm³/mol. The summed E-state index contributed by atoms with van der Waals surface area (Å²) in [5.74, 6) is 0.0819. The molecule has 100 valence electrons. The van der Waals surface area contributed by atoms with Crippen molar-refractivity contribution in [2.75, 3.05) is 0 Å². The molecule has 20 heavy (non-hydrogen) atoms. The highest BCUT2D eigenvalue weighted by atomic mass is 79.9. The zero-order chi connectivity index (χ0) is 14.1. The van der Waals surface area contributed by atoms with Crippen molar-refractivity contribution >= 4 is 48.7 Å². The van der Waals surface area contributed by atoms with Crippen LogP contribution in [0.1, 0.15) is 15.9 Å². The van der Waals surface area contributed by atoms with E-state index in [0.29, 0.717) is 12.0 Å². The average molecular weight is 394 g/mol. The Labute approximate surface area is 132 Å². The van der Waals surface area contributed by atoms with Gasteiger partial charge in [0.15, 0.2) is 5.78 Å². The van der Waals surface area contributed by atoms with Gasteiger partial charge in [-0.25, -0.2) is 4.98 Å². The first kappa shape index (κ1) is 13.5. The second-order valence-corrected chi connectivity index (χ2v) is 6.31. The number of carbonyl (C=O) groups excluding carboxylic acids is 1. The van der Waals surface area contributed by atoms with E-state index in [9.17, 15) is 4.79 Å². The Morgan fingerprint density at radius 2 is 1.90 bits per heavy atom. The van der Waals surface area contributed by atoms with Crippen LogP contribution < -0.4 is 0 Å². The van der Waals surface area contributed by atoms with E-state index in [2.05, 4.69) is 41.8 Å². The van der Waals surface area contributed by atoms with Crippen LogP contribution in [-0.2, 0) is 6.42 Å². The summed E-state index contributed by atoms with van der Waals surface area (Å²) in [5, 5.41) is 0.849. The van der Waals surface area contributed by atoms with Crippen LogP contribution in [0.2, 0.25) is 0 Å². The van der Waals surface area contributed by atoms with Gasteiger partial charge in [-0.1, -0.05) is 28.1 Å². The molecule has 5 heteroatoms. The van der Waals surface area contributed by atoms with Gasteiger partial charge >= 0.3 is 0 Å². The maximum absolute atomic E-state index is 12.4. The maximum Gasteiger partial charge on any atom is 0.169 e. The lowest BCUT2D eigenvalue weighted by molar-refractivity contribution is 0.0994. The summed E-state index contributed by atoms with van der Waals surface area (Å²) in [5.41, 5.74) is 2.40. The summed E-state index contributed by atoms with van der Waals surface area (Å²) >= 11 is 6.77. The van der Waals surface area contributed by atoms with Gasteiger partial charge in [0, 0.05) is 38.7 Å². The minimum Gasteiger partial charge on any atom is -0.345 e. The van der Waals surface area contributed by atoms with Crippen molar-refractivity contribution in [3.05, 3.63) is 62.8 Å². The normalized spacial score (nSPS) is 10.9. The molecule has 3 rings (SSSR count). The van der Waals surface area contributed by atoms with Gasteiger partial charge in [0.25, 0.3) is 0 Å². The van der Waals surface area contributed by atoms with Gasteiger partial charge < -0.3 is 4.98 Å². The molecule has 0 aliphatic carbocycles. The fourth-order valence-corrected chi connectivity index (χ4v) is 2.69. The summed E-state index contributed by atoms with van der Waals surface area (Å²) in [4.78, 5) is 19.7. The van der Waals surface area contributed by atoms with Gasteiger partial charge in [-0.2, -0.15) is 0 Å². The summed E-state index contributed by atoms with van der Waals surface area (Å²) in [6.45, 7) is 0. The van der Waals surface area contributed by atoms with E-state index in [1.165, 1.54) is 0 Å². The minimum atomic E-state index is 0.0819. The standard InChI is InChI=1S/C15H10Br2N2O/c16-10-3-1-9(2-4-10)5-14(20)13-8-19-15-12(13)6-11(17)7-18-15/h1-4,6-8H,5H2,(H,18,19). The molecule has 0 aliphatic rings. The third-order valence-electron chi connectivity index (χ3n) is 3.08. The third-order valence-corrected chi connectivity index (χ3v) is 4.04. The largest absolute Gasteiger partial charge is 0.345 e. The van der Waals surface area contributed by atoms with Gasteiger partial charge in [0.2, 0.25) is 0 Å². The number of aromatic nitrogens is 2. The summed E-state index contributed by atoms with van der Waals surface area (Å²) in [7, 11) is 0. The fourth-order valence-electron chi connectivity index (χ4n) is 2.09. The van der Waals surface area contributed by atoms with Crippen LogP contribution in [0.3, 0.4) is 0 Å². The second kappa shape index (κ2) is 5.50. The van der Waals surface area contributed by atoms with Crippen LogP contribution in [0.15, 0.2) is 51.7 Å². The number of rotatable bonds is 3. The van der Waals surface area contributed by atoms with Crippen molar-refractivity contribution in [2.24, 2.45) is 0 Å². The summed E-state index contributed by atoms with van der Waals surface area (Å²) < 4.78 is 1.87. The molecule has 0 aliphatic heterocycles. The van der Waals surface area contributed by atoms with Crippen LogP contribution in [-0.4, -0.2) is 15.8 Å². The van der Waals surface area contributed by atoms with Crippen LogP contribution >= 0.6 is 31.9 Å². The number of fused-ring (bicyclic) bond motifs is 1. The SMILES string of the molecule is O=C(Cc1ccc(Br)cc1)c1c[nH]c2ncc(Br)cc12. The second-order valence-electron chi connectivity index (χ2n) is 4.48. The molecule has 3 aromatic rings. The monoisotopic (exact) mass is 392 g/mol. The van der Waals surface area contributed by atoms with Crippen LogP contribution in [0, 0.1) is 0 Å². The molecule has 0 unspecified atom stereocenters. The molecule has 0 atom stereocenters. The topological polar surface area (TPSA) is 45.8 Å². The van der Waals surface area contributed by atoms with Crippen molar-refractivity contribution in [1.29, 1.82) is 0 Å². The lowest BCUT2D eigenvalue weighted by Gasteiger charge is -2.01. The molecular formula is C15H10Br2N2O. The number of H-pyrrole nitrogens is 1. The first-order valence-corrected chi connectivity index (χ1v) is 7.62. The van der Waals surface area contributed by atoms with Gasteiger partial charge in [0.1, 0.15) is 5.65 Å². The number of Topliss-reactive ketones (excluding diaryl/α,β-unsaturated/α-hetero) is 1. The Hall–Kier alpha value is -1.46. The van der Waals surface area contributed by atoms with Gasteiger partial charge in [-0.05, 0) is 39.7 Å². The van der Waals surface area contributed by atoms with Gasteiger partial charge in [-0.3, -0.25) is 4.79 Å². The molecule has 2 heterocycles. The van der Waals surface area contributed by atoms with Crippen molar-refractivity contribution in [3.63, 3.8) is 0 Å². The molecule has 0 amide bonds. The predicted octanol–water partition coefficient (Wildman–Crippen LogP) is 4.51. The Balaban J connectivity index is 1.92. The average Bonchev–Trinajstić information content (AvgIpc) is 2.84. The van der Waals surface area contributed by atoms with Gasteiger partial charge in [0.05, 0.1) is 0 Å². The molecule has 0 fully saturated rings. The van der Waals surface area contributed by atoms with Crippen LogP contribution in [0.5, 0.6) is 0 Å². The molecule has 0 saturated heterocycles. The van der Waals surface area contributed by atoms with E-state index < -0.39 is 0 Å². The molecule has 1 N–H and O–H groups in total. The number of hydrogen-bond acceptors (Lipinski definition) is 2. The Bertz CT molecular complexity index is 778. The number of carbonyl (C=O) groups is 1. The molecule has 2 aromatic heterocycles. The first-order valence-electron chi connectivity index (χ1n) is 6.04. The minimum absolute atomic E-state index is 0.0819. The molecule has 0 radical (unpaired) electrons. The number of halogens is 2. The highest BCUT2D eigenvalue weighted by Gasteiger charge is 2.13. The highest BCUT2D eigenvalue weighted by molar-refractivity contribution is 9.10. The van der Waals surface area contributed by atoms with Crippen molar-refractivity contribution in [1.82, 2.24) is 9.97 Å². The number of pyridine rings is 1. The number of hydrogen-bond donors (Lipinski definition) is 1. The van der Waals surface area contributed by atoms with Crippen molar-refractivity contribution in [2.45, 2.75) is 6.42 Å². The number of nitrogens with one attached hydrogen (secondary N) is 1. The first-order chi connectivity index (χ1) is 9.63. The number of aromatic amines is 1. The van der Waals surface area contributed by atoms with Crippen LogP contribution in [0.4, 0.5) is 0 Å². The van der Waals surface area contributed by atoms with E-state index in [4.69, 9.17) is 0 Å². The molecule has 0 bridgehead atoms. The lowest BCUT2D eigenvalue weighted by atomic mass is 10.0. The zero-order valence-electron chi connectivity index (χ0n) is 10.4. The molecule has 0 spiro atoms. The zero-order valence-corrected chi connectivity index (χ0v) is 13.5. The third kappa shape index (κ3) is 2.69. The quantitative estimate of drug-likeness (QED) is 0.665. The number of benzene rings is 1. The maximum atomic E-state index is 12.4. The number of nitrogens with zero attached hydrogens (tertiary/aromatic N) is 1. The van der Waals surface area contributed by atoms with Crippen LogP contribution in [0.25, 0.3) is 11.0 Å². The lowest BCUT2D eigenvalue weighted by Crippen LogP contribution is -2.02. The van der Waals surface area contributed by atoms with E-state index >= 15 is 0 Å². The molecule has 3 nitrogen and oxygen atoms in total. The fraction of sp³-hybridized carbons (Fsp3) is 0.0667. The summed E-state index contributed by atoms with van der Waals surface area (Å²) in [6.07, 6.45) is 3.82. The van der Waals surface area contributed by atoms with Crippen molar-refractivity contribution in [3.8, 4) is 0 Å². The molecule has 0 saturated carbocycles. The Morgan fingerprint density at radius 3 is 2.65 bits per heavy atom. The smallest absolute Gasteiger partial charge is 0.169 e. The molecule has 1 aromatic carbocycles. The molecular weight excluding hydrogens is 384 g/mol. The van der Waals surface area contributed by atoms with Gasteiger partial charge in [-0.15, -0.1) is 0 Å². The highest BCUT2D eigenvalue weighted by Crippen LogP contribution is 2.22. The Kier molecular flexibility index (Phi) is 3.72. The van der Waals surface area contributed by atoms with E-state index in [1.54, 1.807) is 12.4 Å². The van der Waals surface area contributed by atoms with Crippen molar-refractivity contribution < 1.29 is 4.79 Å². The van der Waals surface area contributed by atoms with E-state index in [-0.39, 0.29) is 5.78 Å².